The summed E-state index contributed by atoms with van der Waals surface area (Å²) >= 11 is 0. The molecule has 0 aromatic rings. The Morgan fingerprint density at radius 1 is 1.69 bits per heavy atom. The number of rotatable bonds is 5. The van der Waals surface area contributed by atoms with Crippen LogP contribution in [0.5, 0.6) is 0 Å². The molecule has 0 saturated heterocycles. The molecule has 0 rings (SSSR count). The van der Waals surface area contributed by atoms with Crippen molar-refractivity contribution in [2.24, 2.45) is 5.41 Å². The fourth-order valence-electron chi connectivity index (χ4n) is 1.18. The number of carbonyl (C=O) groups is 1. The molecule has 1 atom stereocenters. The second kappa shape index (κ2) is 5.02. The van der Waals surface area contributed by atoms with Crippen LogP contribution in [0.1, 0.15) is 27.2 Å². The summed E-state index contributed by atoms with van der Waals surface area (Å²) in [5.74, 6) is -0.418. The third-order valence-corrected chi connectivity index (χ3v) is 1.62. The molecular weight excluding hydrogens is 168 g/mol. The molecule has 76 valence electrons. The van der Waals surface area contributed by atoms with Crippen LogP contribution in [0.3, 0.4) is 0 Å². The zero-order chi connectivity index (χ0) is 10.5. The van der Waals surface area contributed by atoms with E-state index in [-0.39, 0.29) is 11.5 Å². The van der Waals surface area contributed by atoms with Crippen LogP contribution in [0.25, 0.3) is 0 Å². The summed E-state index contributed by atoms with van der Waals surface area (Å²) in [7, 11) is 0. The van der Waals surface area contributed by atoms with E-state index in [0.29, 0.717) is 13.0 Å². The molecule has 1 unspecified atom stereocenters. The van der Waals surface area contributed by atoms with E-state index in [1.807, 2.05) is 13.8 Å². The van der Waals surface area contributed by atoms with Gasteiger partial charge in [0.2, 0.25) is 0 Å². The predicted molar refractivity (Wildman–Crippen MR) is 51.2 cm³/mol. The molecule has 0 bridgehead atoms. The van der Waals surface area contributed by atoms with Crippen molar-refractivity contribution < 1.29 is 14.6 Å². The van der Waals surface area contributed by atoms with Gasteiger partial charge in [0.25, 0.3) is 0 Å². The van der Waals surface area contributed by atoms with Gasteiger partial charge in [0.1, 0.15) is 0 Å². The maximum Gasteiger partial charge on any atom is 0.330 e. The number of carbonyl (C=O) groups excluding carboxylic acids is 1. The maximum atomic E-state index is 10.7. The van der Waals surface area contributed by atoms with E-state index < -0.39 is 5.97 Å². The average Bonchev–Trinajstić information content (AvgIpc) is 1.98. The van der Waals surface area contributed by atoms with Crippen molar-refractivity contribution in [3.8, 4) is 0 Å². The van der Waals surface area contributed by atoms with E-state index in [9.17, 15) is 4.79 Å². The second-order valence-corrected chi connectivity index (χ2v) is 4.03. The van der Waals surface area contributed by atoms with Gasteiger partial charge in [-0.25, -0.2) is 4.79 Å². The Kier molecular flexibility index (Phi) is 4.70. The number of hydrogen-bond donors (Lipinski definition) is 1. The molecule has 0 heterocycles. The van der Waals surface area contributed by atoms with Crippen molar-refractivity contribution in [2.45, 2.75) is 33.3 Å². The highest BCUT2D eigenvalue weighted by atomic mass is 16.5. The first-order valence-electron chi connectivity index (χ1n) is 4.34. The van der Waals surface area contributed by atoms with Crippen molar-refractivity contribution in [1.29, 1.82) is 0 Å². The van der Waals surface area contributed by atoms with Crippen molar-refractivity contribution in [2.75, 3.05) is 6.61 Å². The molecule has 0 aromatic carbocycles. The second-order valence-electron chi connectivity index (χ2n) is 4.03. The topological polar surface area (TPSA) is 46.5 Å². The van der Waals surface area contributed by atoms with Gasteiger partial charge in [0.05, 0.1) is 12.7 Å². The average molecular weight is 186 g/mol. The standard InChI is InChI=1S/C10H18O3/c1-5-9(12)13-7-10(3,4)6-8(2)11/h5,8,11H,1,6-7H2,2-4H3. The van der Waals surface area contributed by atoms with Crippen LogP contribution in [-0.4, -0.2) is 23.8 Å². The number of ether oxygens (including phenoxy) is 1. The Morgan fingerprint density at radius 2 is 2.23 bits per heavy atom. The van der Waals surface area contributed by atoms with Crippen molar-refractivity contribution >= 4 is 5.97 Å². The smallest absolute Gasteiger partial charge is 0.330 e. The molecule has 0 spiro atoms. The Balaban J connectivity index is 3.88. The molecule has 0 saturated carbocycles. The number of aliphatic hydroxyl groups is 1. The van der Waals surface area contributed by atoms with E-state index in [0.717, 1.165) is 6.08 Å². The Hall–Kier alpha value is -0.830. The minimum absolute atomic E-state index is 0.188. The summed E-state index contributed by atoms with van der Waals surface area (Å²) in [6.07, 6.45) is 1.37. The highest BCUT2D eigenvalue weighted by Crippen LogP contribution is 2.22. The van der Waals surface area contributed by atoms with Gasteiger partial charge in [-0.1, -0.05) is 20.4 Å². The lowest BCUT2D eigenvalue weighted by atomic mass is 9.88. The number of aliphatic hydroxyl groups excluding tert-OH is 1. The lowest BCUT2D eigenvalue weighted by molar-refractivity contribution is -0.141. The largest absolute Gasteiger partial charge is 0.462 e. The fraction of sp³-hybridized carbons (Fsp3) is 0.700. The first-order chi connectivity index (χ1) is 5.87. The summed E-state index contributed by atoms with van der Waals surface area (Å²) in [4.78, 5) is 10.7. The van der Waals surface area contributed by atoms with Gasteiger partial charge in [-0.2, -0.15) is 0 Å². The van der Waals surface area contributed by atoms with Gasteiger partial charge in [0.15, 0.2) is 0 Å². The van der Waals surface area contributed by atoms with Crippen LogP contribution < -0.4 is 0 Å². The monoisotopic (exact) mass is 186 g/mol. The van der Waals surface area contributed by atoms with Gasteiger partial charge in [0, 0.05) is 11.5 Å². The first kappa shape index (κ1) is 12.2. The summed E-state index contributed by atoms with van der Waals surface area (Å²) in [6.45, 7) is 9.21. The van der Waals surface area contributed by atoms with Gasteiger partial charge < -0.3 is 9.84 Å². The molecule has 3 heteroatoms. The molecule has 0 aliphatic heterocycles. The SMILES string of the molecule is C=CC(=O)OCC(C)(C)CC(C)O. The third kappa shape index (κ3) is 6.34. The highest BCUT2D eigenvalue weighted by molar-refractivity contribution is 5.81. The predicted octanol–water partition coefficient (Wildman–Crippen LogP) is 1.51. The van der Waals surface area contributed by atoms with Crippen molar-refractivity contribution in [3.05, 3.63) is 12.7 Å². The Morgan fingerprint density at radius 3 is 2.62 bits per heavy atom. The number of esters is 1. The van der Waals surface area contributed by atoms with Crippen LogP contribution in [-0.2, 0) is 9.53 Å². The van der Waals surface area contributed by atoms with Crippen LogP contribution in [0.4, 0.5) is 0 Å². The normalized spacial score (nSPS) is 13.5. The Bertz CT molecular complexity index is 183. The lowest BCUT2D eigenvalue weighted by Crippen LogP contribution is -2.25. The van der Waals surface area contributed by atoms with Gasteiger partial charge in [-0.3, -0.25) is 0 Å². The molecule has 13 heavy (non-hydrogen) atoms. The van der Waals surface area contributed by atoms with Crippen LogP contribution in [0.15, 0.2) is 12.7 Å². The zero-order valence-electron chi connectivity index (χ0n) is 8.54. The molecule has 3 nitrogen and oxygen atoms in total. The van der Waals surface area contributed by atoms with Crippen LogP contribution >= 0.6 is 0 Å². The van der Waals surface area contributed by atoms with Crippen LogP contribution in [0, 0.1) is 5.41 Å². The molecule has 0 amide bonds. The van der Waals surface area contributed by atoms with Crippen LogP contribution in [0.2, 0.25) is 0 Å². The highest BCUT2D eigenvalue weighted by Gasteiger charge is 2.21. The maximum absolute atomic E-state index is 10.7. The fourth-order valence-corrected chi connectivity index (χ4v) is 1.18. The van der Waals surface area contributed by atoms with E-state index in [2.05, 4.69) is 6.58 Å². The van der Waals surface area contributed by atoms with Gasteiger partial charge in [-0.05, 0) is 13.3 Å². The summed E-state index contributed by atoms with van der Waals surface area (Å²) < 4.78 is 4.89. The minimum Gasteiger partial charge on any atom is -0.462 e. The van der Waals surface area contributed by atoms with Gasteiger partial charge >= 0.3 is 5.97 Å². The van der Waals surface area contributed by atoms with E-state index >= 15 is 0 Å². The number of hydrogen-bond acceptors (Lipinski definition) is 3. The molecule has 0 aliphatic carbocycles. The molecule has 0 aromatic heterocycles. The molecular formula is C10H18O3. The quantitative estimate of drug-likeness (QED) is 0.523. The molecule has 0 fully saturated rings. The van der Waals surface area contributed by atoms with Crippen molar-refractivity contribution in [3.63, 3.8) is 0 Å². The summed E-state index contributed by atoms with van der Waals surface area (Å²) in [5, 5.41) is 9.15. The summed E-state index contributed by atoms with van der Waals surface area (Å²) in [6, 6.07) is 0. The minimum atomic E-state index is -0.418. The molecule has 1 N–H and O–H groups in total. The molecule has 0 aliphatic rings. The van der Waals surface area contributed by atoms with E-state index in [1.165, 1.54) is 0 Å². The first-order valence-corrected chi connectivity index (χ1v) is 4.34. The Labute approximate surface area is 79.4 Å². The van der Waals surface area contributed by atoms with E-state index in [1.54, 1.807) is 6.92 Å². The summed E-state index contributed by atoms with van der Waals surface area (Å²) in [5.41, 5.74) is -0.188. The zero-order valence-corrected chi connectivity index (χ0v) is 8.54. The van der Waals surface area contributed by atoms with Gasteiger partial charge in [-0.15, -0.1) is 0 Å². The van der Waals surface area contributed by atoms with E-state index in [4.69, 9.17) is 9.84 Å². The van der Waals surface area contributed by atoms with Crippen molar-refractivity contribution in [1.82, 2.24) is 0 Å². The third-order valence-electron chi connectivity index (χ3n) is 1.62. The molecule has 0 radical (unpaired) electrons. The lowest BCUT2D eigenvalue weighted by Gasteiger charge is -2.25.